The number of anilines is 1. The van der Waals surface area contributed by atoms with Crippen molar-refractivity contribution in [3.8, 4) is 0 Å². The molecular weight excluding hydrogens is 196 g/mol. The minimum Gasteiger partial charge on any atom is -0.384 e. The molecule has 0 saturated carbocycles. The molecule has 3 nitrogen and oxygen atoms in total. The number of rotatable bonds is 5. The monoisotopic (exact) mass is 212 g/mol. The summed E-state index contributed by atoms with van der Waals surface area (Å²) in [6.07, 6.45) is 2.09. The van der Waals surface area contributed by atoms with E-state index in [-0.39, 0.29) is 0 Å². The van der Waals surface area contributed by atoms with Crippen LogP contribution >= 0.6 is 11.8 Å². The van der Waals surface area contributed by atoms with Crippen LogP contribution in [-0.2, 0) is 4.74 Å². The third-order valence-corrected chi connectivity index (χ3v) is 2.51. The Labute approximate surface area is 89.1 Å². The topological polar surface area (TPSA) is 48.1 Å². The molecule has 0 aliphatic heterocycles. The van der Waals surface area contributed by atoms with E-state index in [2.05, 4.69) is 4.98 Å². The maximum atomic E-state index is 5.48. The fourth-order valence-corrected chi connectivity index (χ4v) is 1.63. The number of nitrogens with two attached hydrogens (primary N) is 1. The Kier molecular flexibility index (Phi) is 4.76. The zero-order valence-corrected chi connectivity index (χ0v) is 9.38. The average Bonchev–Trinajstić information content (AvgIpc) is 2.15. The summed E-state index contributed by atoms with van der Waals surface area (Å²) in [7, 11) is 0. The van der Waals surface area contributed by atoms with Crippen LogP contribution in [0, 0.1) is 0 Å². The molecule has 1 aromatic rings. The fourth-order valence-electron chi connectivity index (χ4n) is 0.920. The first-order valence-electron chi connectivity index (χ1n) is 4.64. The number of pyridine rings is 1. The second-order valence-electron chi connectivity index (χ2n) is 3.19. The second kappa shape index (κ2) is 5.88. The van der Waals surface area contributed by atoms with E-state index >= 15 is 0 Å². The van der Waals surface area contributed by atoms with Gasteiger partial charge >= 0.3 is 0 Å². The van der Waals surface area contributed by atoms with Crippen LogP contribution in [0.2, 0.25) is 0 Å². The molecule has 14 heavy (non-hydrogen) atoms. The van der Waals surface area contributed by atoms with Gasteiger partial charge < -0.3 is 10.5 Å². The summed E-state index contributed by atoms with van der Waals surface area (Å²) < 4.78 is 5.42. The average molecular weight is 212 g/mol. The molecule has 0 aromatic carbocycles. The van der Waals surface area contributed by atoms with E-state index in [0.29, 0.717) is 11.9 Å². The molecule has 0 aliphatic carbocycles. The first-order chi connectivity index (χ1) is 6.68. The van der Waals surface area contributed by atoms with Crippen LogP contribution in [0.1, 0.15) is 13.8 Å². The Morgan fingerprint density at radius 3 is 2.86 bits per heavy atom. The smallest absolute Gasteiger partial charge is 0.123 e. The van der Waals surface area contributed by atoms with Crippen molar-refractivity contribution < 1.29 is 4.74 Å². The van der Waals surface area contributed by atoms with Crippen molar-refractivity contribution in [1.82, 2.24) is 4.98 Å². The second-order valence-corrected chi connectivity index (χ2v) is 4.36. The van der Waals surface area contributed by atoms with Gasteiger partial charge in [0.05, 0.1) is 12.7 Å². The van der Waals surface area contributed by atoms with Crippen molar-refractivity contribution >= 4 is 17.6 Å². The Bertz CT molecular complexity index is 261. The highest BCUT2D eigenvalue weighted by Crippen LogP contribution is 2.16. The molecule has 0 amide bonds. The van der Waals surface area contributed by atoms with Gasteiger partial charge in [0.15, 0.2) is 0 Å². The van der Waals surface area contributed by atoms with Gasteiger partial charge in [-0.05, 0) is 26.0 Å². The van der Waals surface area contributed by atoms with Crippen molar-refractivity contribution in [3.05, 3.63) is 18.3 Å². The summed E-state index contributed by atoms with van der Waals surface area (Å²) in [5.74, 6) is 1.51. The molecule has 0 fully saturated rings. The van der Waals surface area contributed by atoms with E-state index in [0.717, 1.165) is 17.3 Å². The van der Waals surface area contributed by atoms with Crippen molar-refractivity contribution in [1.29, 1.82) is 0 Å². The SMILES string of the molecule is CC(C)OCCSc1ccc(N)nc1. The molecule has 2 N–H and O–H groups in total. The standard InChI is InChI=1S/C10H16N2OS/c1-8(2)13-5-6-14-9-3-4-10(11)12-7-9/h3-4,7-8H,5-6H2,1-2H3,(H2,11,12). The molecule has 0 unspecified atom stereocenters. The van der Waals surface area contributed by atoms with E-state index in [4.69, 9.17) is 10.5 Å². The number of thioether (sulfide) groups is 1. The van der Waals surface area contributed by atoms with Crippen molar-refractivity contribution in [2.75, 3.05) is 18.1 Å². The molecule has 78 valence electrons. The van der Waals surface area contributed by atoms with Crippen LogP contribution in [-0.4, -0.2) is 23.4 Å². The Balaban J connectivity index is 2.21. The number of nitrogens with zero attached hydrogens (tertiary/aromatic N) is 1. The van der Waals surface area contributed by atoms with Gasteiger partial charge in [-0.25, -0.2) is 4.98 Å². The zero-order chi connectivity index (χ0) is 10.4. The van der Waals surface area contributed by atoms with E-state index in [1.165, 1.54) is 0 Å². The van der Waals surface area contributed by atoms with Crippen LogP contribution in [0.3, 0.4) is 0 Å². The number of ether oxygens (including phenoxy) is 1. The van der Waals surface area contributed by atoms with Gasteiger partial charge in [0.2, 0.25) is 0 Å². The molecule has 1 aromatic heterocycles. The summed E-state index contributed by atoms with van der Waals surface area (Å²) in [5.41, 5.74) is 5.48. The predicted octanol–water partition coefficient (Wildman–Crippen LogP) is 2.18. The molecule has 0 atom stereocenters. The largest absolute Gasteiger partial charge is 0.384 e. The molecule has 0 spiro atoms. The summed E-state index contributed by atoms with van der Waals surface area (Å²) in [6, 6.07) is 3.79. The highest BCUT2D eigenvalue weighted by Gasteiger charge is 1.96. The first-order valence-corrected chi connectivity index (χ1v) is 5.63. The van der Waals surface area contributed by atoms with Crippen LogP contribution in [0.5, 0.6) is 0 Å². The van der Waals surface area contributed by atoms with E-state index in [9.17, 15) is 0 Å². The number of aromatic nitrogens is 1. The van der Waals surface area contributed by atoms with E-state index in [1.807, 2.05) is 26.0 Å². The normalized spacial score (nSPS) is 10.8. The summed E-state index contributed by atoms with van der Waals surface area (Å²) in [6.45, 7) is 4.84. The molecule has 4 heteroatoms. The summed E-state index contributed by atoms with van der Waals surface area (Å²) >= 11 is 1.73. The van der Waals surface area contributed by atoms with Gasteiger partial charge in [-0.3, -0.25) is 0 Å². The van der Waals surface area contributed by atoms with Crippen molar-refractivity contribution in [2.24, 2.45) is 0 Å². The molecule has 0 aliphatic rings. The fraction of sp³-hybridized carbons (Fsp3) is 0.500. The minimum atomic E-state index is 0.306. The maximum absolute atomic E-state index is 5.48. The summed E-state index contributed by atoms with van der Waals surface area (Å²) in [4.78, 5) is 5.14. The molecule has 1 rings (SSSR count). The number of hydrogen-bond donors (Lipinski definition) is 1. The van der Waals surface area contributed by atoms with Gasteiger partial charge in [-0.1, -0.05) is 0 Å². The van der Waals surface area contributed by atoms with Crippen molar-refractivity contribution in [2.45, 2.75) is 24.8 Å². The van der Waals surface area contributed by atoms with Crippen LogP contribution in [0.15, 0.2) is 23.2 Å². The highest BCUT2D eigenvalue weighted by molar-refractivity contribution is 7.99. The van der Waals surface area contributed by atoms with Crippen LogP contribution in [0.25, 0.3) is 0 Å². The molecule has 0 bridgehead atoms. The maximum Gasteiger partial charge on any atom is 0.123 e. The lowest BCUT2D eigenvalue weighted by molar-refractivity contribution is 0.0920. The van der Waals surface area contributed by atoms with Gasteiger partial charge in [-0.2, -0.15) is 0 Å². The Hall–Kier alpha value is -0.740. The van der Waals surface area contributed by atoms with Crippen LogP contribution in [0.4, 0.5) is 5.82 Å². The lowest BCUT2D eigenvalue weighted by atomic mass is 10.5. The number of nitrogen functional groups attached to an aromatic ring is 1. The van der Waals surface area contributed by atoms with Crippen molar-refractivity contribution in [3.63, 3.8) is 0 Å². The number of hydrogen-bond acceptors (Lipinski definition) is 4. The van der Waals surface area contributed by atoms with Gasteiger partial charge in [-0.15, -0.1) is 11.8 Å². The quantitative estimate of drug-likeness (QED) is 0.600. The lowest BCUT2D eigenvalue weighted by Gasteiger charge is -2.06. The third kappa shape index (κ3) is 4.48. The Morgan fingerprint density at radius 1 is 1.50 bits per heavy atom. The minimum absolute atomic E-state index is 0.306. The van der Waals surface area contributed by atoms with E-state index in [1.54, 1.807) is 18.0 Å². The van der Waals surface area contributed by atoms with Gasteiger partial charge in [0.1, 0.15) is 5.82 Å². The third-order valence-electron chi connectivity index (χ3n) is 1.56. The van der Waals surface area contributed by atoms with Gasteiger partial charge in [0, 0.05) is 16.8 Å². The molecule has 0 saturated heterocycles. The lowest BCUT2D eigenvalue weighted by Crippen LogP contribution is -2.05. The molecule has 0 radical (unpaired) electrons. The van der Waals surface area contributed by atoms with Crippen LogP contribution < -0.4 is 5.73 Å². The summed E-state index contributed by atoms with van der Waals surface area (Å²) in [5, 5.41) is 0. The molecular formula is C10H16N2OS. The first kappa shape index (κ1) is 11.3. The predicted molar refractivity (Wildman–Crippen MR) is 60.5 cm³/mol. The zero-order valence-electron chi connectivity index (χ0n) is 8.56. The van der Waals surface area contributed by atoms with Gasteiger partial charge in [0.25, 0.3) is 0 Å². The van der Waals surface area contributed by atoms with E-state index < -0.39 is 0 Å². The molecule has 1 heterocycles. The highest BCUT2D eigenvalue weighted by atomic mass is 32.2. The Morgan fingerprint density at radius 2 is 2.29 bits per heavy atom.